The van der Waals surface area contributed by atoms with E-state index in [4.69, 9.17) is 10.00 Å². The highest BCUT2D eigenvalue weighted by Gasteiger charge is 2.30. The fraction of sp³-hybridized carbons (Fsp3) is 0.889. The van der Waals surface area contributed by atoms with E-state index in [1.165, 1.54) is 6.42 Å². The summed E-state index contributed by atoms with van der Waals surface area (Å²) in [5, 5.41) is 12.3. The van der Waals surface area contributed by atoms with Gasteiger partial charge < -0.3 is 15.0 Å². The first-order valence-corrected chi connectivity index (χ1v) is 8.85. The fourth-order valence-electron chi connectivity index (χ4n) is 2.90. The minimum Gasteiger partial charge on any atom is -0.444 e. The van der Waals surface area contributed by atoms with Gasteiger partial charge in [-0.15, -0.1) is 0 Å². The lowest BCUT2D eigenvalue weighted by atomic mass is 10.0. The van der Waals surface area contributed by atoms with Gasteiger partial charge in [0.05, 0.1) is 12.0 Å². The van der Waals surface area contributed by atoms with Gasteiger partial charge in [0.2, 0.25) is 0 Å². The third-order valence-corrected chi connectivity index (χ3v) is 4.12. The molecule has 1 N–H and O–H groups in total. The zero-order valence-electron chi connectivity index (χ0n) is 15.4. The van der Waals surface area contributed by atoms with Crippen LogP contribution >= 0.6 is 0 Å². The highest BCUT2D eigenvalue weighted by molar-refractivity contribution is 5.68. The zero-order chi connectivity index (χ0) is 17.5. The summed E-state index contributed by atoms with van der Waals surface area (Å²) in [6.07, 6.45) is 5.11. The van der Waals surface area contributed by atoms with Crippen molar-refractivity contribution in [2.24, 2.45) is 5.92 Å². The second-order valence-corrected chi connectivity index (χ2v) is 7.75. The molecule has 0 aromatic heterocycles. The Kier molecular flexibility index (Phi) is 7.84. The lowest BCUT2D eigenvalue weighted by Gasteiger charge is -2.34. The Labute approximate surface area is 141 Å². The first-order valence-electron chi connectivity index (χ1n) is 8.85. The van der Waals surface area contributed by atoms with Crippen LogP contribution in [0.5, 0.6) is 0 Å². The third-order valence-electron chi connectivity index (χ3n) is 4.12. The molecule has 0 spiro atoms. The van der Waals surface area contributed by atoms with Crippen LogP contribution in [-0.4, -0.2) is 41.8 Å². The smallest absolute Gasteiger partial charge is 0.410 e. The summed E-state index contributed by atoms with van der Waals surface area (Å²) in [5.74, 6) is 0.00791. The van der Waals surface area contributed by atoms with E-state index in [9.17, 15) is 4.79 Å². The summed E-state index contributed by atoms with van der Waals surface area (Å²) in [4.78, 5) is 14.4. The molecule has 5 nitrogen and oxygen atoms in total. The molecule has 0 radical (unpaired) electrons. The Morgan fingerprint density at radius 3 is 2.65 bits per heavy atom. The molecule has 23 heavy (non-hydrogen) atoms. The highest BCUT2D eigenvalue weighted by atomic mass is 16.6. The minimum atomic E-state index is -0.458. The van der Waals surface area contributed by atoms with Crippen molar-refractivity contribution in [2.75, 3.05) is 13.1 Å². The Bertz CT molecular complexity index is 411. The maximum Gasteiger partial charge on any atom is 0.410 e. The third kappa shape index (κ3) is 7.69. The normalized spacial score (nSPS) is 21.9. The predicted molar refractivity (Wildman–Crippen MR) is 92.1 cm³/mol. The van der Waals surface area contributed by atoms with Gasteiger partial charge in [-0.3, -0.25) is 0 Å². The van der Waals surface area contributed by atoms with Crippen LogP contribution in [0.3, 0.4) is 0 Å². The molecule has 5 heteroatoms. The monoisotopic (exact) mass is 323 g/mol. The molecular formula is C18H33N3O2. The van der Waals surface area contributed by atoms with Gasteiger partial charge in [-0.2, -0.15) is 5.26 Å². The quantitative estimate of drug-likeness (QED) is 0.838. The van der Waals surface area contributed by atoms with E-state index in [2.05, 4.69) is 18.3 Å². The first-order chi connectivity index (χ1) is 10.7. The SMILES string of the molecule is CC(C#N)CNC(C)CC1CCCCCN1C(=O)OC(C)(C)C. The number of carbonyl (C=O) groups is 1. The van der Waals surface area contributed by atoms with Gasteiger partial charge in [0.1, 0.15) is 5.60 Å². The number of nitrogens with one attached hydrogen (secondary N) is 1. The van der Waals surface area contributed by atoms with Crippen LogP contribution in [0, 0.1) is 17.2 Å². The maximum absolute atomic E-state index is 12.5. The number of carbonyl (C=O) groups excluding carboxylic acids is 1. The Morgan fingerprint density at radius 1 is 1.35 bits per heavy atom. The molecule has 1 fully saturated rings. The standard InChI is InChI=1S/C18H33N3O2/c1-14(12-19)13-20-15(2)11-16-9-7-6-8-10-21(16)17(22)23-18(3,4)5/h14-16,20H,6-11,13H2,1-5H3. The average Bonchev–Trinajstić information content (AvgIpc) is 2.68. The van der Waals surface area contributed by atoms with Crippen molar-refractivity contribution in [3.8, 4) is 6.07 Å². The molecule has 0 aromatic rings. The van der Waals surface area contributed by atoms with E-state index in [1.807, 2.05) is 32.6 Å². The summed E-state index contributed by atoms with van der Waals surface area (Å²) in [6.45, 7) is 11.2. The van der Waals surface area contributed by atoms with Crippen molar-refractivity contribution in [3.05, 3.63) is 0 Å². The van der Waals surface area contributed by atoms with E-state index in [1.54, 1.807) is 0 Å². The number of likely N-dealkylation sites (tertiary alicyclic amines) is 1. The summed E-state index contributed by atoms with van der Waals surface area (Å²) in [5.41, 5.74) is -0.458. The molecule has 1 heterocycles. The van der Waals surface area contributed by atoms with E-state index in [-0.39, 0.29) is 24.1 Å². The largest absolute Gasteiger partial charge is 0.444 e. The van der Waals surface area contributed by atoms with Crippen molar-refractivity contribution in [3.63, 3.8) is 0 Å². The van der Waals surface area contributed by atoms with Crippen molar-refractivity contribution in [1.82, 2.24) is 10.2 Å². The summed E-state index contributed by atoms with van der Waals surface area (Å²) < 4.78 is 5.58. The molecule has 1 aliphatic rings. The molecule has 3 unspecified atom stereocenters. The Balaban J connectivity index is 2.63. The summed E-state index contributed by atoms with van der Waals surface area (Å²) >= 11 is 0. The van der Waals surface area contributed by atoms with Crippen LogP contribution in [0.25, 0.3) is 0 Å². The van der Waals surface area contributed by atoms with Crippen LogP contribution in [-0.2, 0) is 4.74 Å². The van der Waals surface area contributed by atoms with Crippen LogP contribution in [0.15, 0.2) is 0 Å². The van der Waals surface area contributed by atoms with Crippen molar-refractivity contribution in [1.29, 1.82) is 5.26 Å². The molecule has 0 aromatic carbocycles. The van der Waals surface area contributed by atoms with E-state index in [0.29, 0.717) is 6.54 Å². The van der Waals surface area contributed by atoms with E-state index in [0.717, 1.165) is 32.2 Å². The van der Waals surface area contributed by atoms with Crippen LogP contribution in [0.1, 0.15) is 66.7 Å². The Hall–Kier alpha value is -1.28. The number of hydrogen-bond acceptors (Lipinski definition) is 4. The number of rotatable bonds is 5. The summed E-state index contributed by atoms with van der Waals surface area (Å²) in [6, 6.07) is 2.73. The molecule has 0 saturated carbocycles. The molecule has 1 aliphatic heterocycles. The number of nitrogens with zero attached hydrogens (tertiary/aromatic N) is 2. The van der Waals surface area contributed by atoms with Gasteiger partial charge >= 0.3 is 6.09 Å². The van der Waals surface area contributed by atoms with Gasteiger partial charge in [-0.05, 0) is 53.9 Å². The first kappa shape index (κ1) is 19.8. The number of nitriles is 1. The van der Waals surface area contributed by atoms with E-state index >= 15 is 0 Å². The molecule has 1 saturated heterocycles. The van der Waals surface area contributed by atoms with Gasteiger partial charge in [0, 0.05) is 25.2 Å². The highest BCUT2D eigenvalue weighted by Crippen LogP contribution is 2.23. The molecule has 132 valence electrons. The average molecular weight is 323 g/mol. The second kappa shape index (κ2) is 9.12. The van der Waals surface area contributed by atoms with Crippen LogP contribution in [0.4, 0.5) is 4.79 Å². The summed E-state index contributed by atoms with van der Waals surface area (Å²) in [7, 11) is 0. The van der Waals surface area contributed by atoms with Crippen molar-refractivity contribution >= 4 is 6.09 Å². The minimum absolute atomic E-state index is 0.00791. The fourth-order valence-corrected chi connectivity index (χ4v) is 2.90. The number of amides is 1. The molecule has 0 bridgehead atoms. The number of hydrogen-bond donors (Lipinski definition) is 1. The van der Waals surface area contributed by atoms with Crippen molar-refractivity contribution in [2.45, 2.75) is 84.4 Å². The maximum atomic E-state index is 12.5. The topological polar surface area (TPSA) is 65.4 Å². The van der Waals surface area contributed by atoms with Gasteiger partial charge in [-0.25, -0.2) is 4.79 Å². The molecular weight excluding hydrogens is 290 g/mol. The van der Waals surface area contributed by atoms with Crippen LogP contribution < -0.4 is 5.32 Å². The second-order valence-electron chi connectivity index (χ2n) is 7.75. The molecule has 0 aliphatic carbocycles. The van der Waals surface area contributed by atoms with Gasteiger partial charge in [0.15, 0.2) is 0 Å². The lowest BCUT2D eigenvalue weighted by molar-refractivity contribution is 0.0150. The predicted octanol–water partition coefficient (Wildman–Crippen LogP) is 3.69. The molecule has 3 atom stereocenters. The zero-order valence-corrected chi connectivity index (χ0v) is 15.4. The molecule has 1 rings (SSSR count). The lowest BCUT2D eigenvalue weighted by Crippen LogP contribution is -2.46. The molecule has 1 amide bonds. The number of ether oxygens (including phenoxy) is 1. The Morgan fingerprint density at radius 2 is 2.04 bits per heavy atom. The van der Waals surface area contributed by atoms with Crippen LogP contribution in [0.2, 0.25) is 0 Å². The van der Waals surface area contributed by atoms with E-state index < -0.39 is 5.60 Å². The van der Waals surface area contributed by atoms with Gasteiger partial charge in [-0.1, -0.05) is 12.8 Å². The van der Waals surface area contributed by atoms with Crippen molar-refractivity contribution < 1.29 is 9.53 Å². The van der Waals surface area contributed by atoms with Gasteiger partial charge in [0.25, 0.3) is 0 Å².